The summed E-state index contributed by atoms with van der Waals surface area (Å²) in [6, 6.07) is 0. The van der Waals surface area contributed by atoms with Gasteiger partial charge in [0.2, 0.25) is 0 Å². The van der Waals surface area contributed by atoms with Gasteiger partial charge in [-0.3, -0.25) is 9.89 Å². The molecule has 0 aliphatic heterocycles. The quantitative estimate of drug-likeness (QED) is 0.564. The van der Waals surface area contributed by atoms with Crippen molar-refractivity contribution in [2.45, 2.75) is 50.2 Å². The van der Waals surface area contributed by atoms with Gasteiger partial charge >= 0.3 is 5.97 Å². The van der Waals surface area contributed by atoms with Gasteiger partial charge in [-0.1, -0.05) is 25.1 Å². The van der Waals surface area contributed by atoms with Crippen LogP contribution in [-0.2, 0) is 9.53 Å². The number of thioether (sulfide) groups is 1. The minimum Gasteiger partial charge on any atom is -0.465 e. The van der Waals surface area contributed by atoms with Crippen LogP contribution in [0, 0.1) is 5.92 Å². The average Bonchev–Trinajstić information content (AvgIpc) is 3.11. The molecule has 1 aliphatic carbocycles. The molecule has 0 bridgehead atoms. The molecule has 1 aliphatic rings. The van der Waals surface area contributed by atoms with Crippen LogP contribution >= 0.6 is 11.8 Å². The molecule has 118 valence electrons. The molecular formula is C14H24N4O2S. The Morgan fingerprint density at radius 2 is 2.48 bits per heavy atom. The fraction of sp³-hybridized carbons (Fsp3) is 0.786. The molecule has 7 heteroatoms. The van der Waals surface area contributed by atoms with E-state index in [1.807, 2.05) is 13.8 Å². The molecule has 21 heavy (non-hydrogen) atoms. The smallest absolute Gasteiger partial charge is 0.326 e. The summed E-state index contributed by atoms with van der Waals surface area (Å²) in [5.74, 6) is 1.16. The molecular weight excluding hydrogens is 288 g/mol. The van der Waals surface area contributed by atoms with E-state index in [1.165, 1.54) is 6.33 Å². The molecule has 2 rings (SSSR count). The topological polar surface area (TPSA) is 79.9 Å². The lowest BCUT2D eigenvalue weighted by Gasteiger charge is -2.34. The third kappa shape index (κ3) is 3.77. The second-order valence-corrected chi connectivity index (χ2v) is 6.32. The lowest BCUT2D eigenvalue weighted by molar-refractivity contribution is -0.153. The Labute approximate surface area is 129 Å². The number of likely N-dealkylation sites (N-methyl/N-ethyl adjacent to an activating group) is 1. The standard InChI is InChI=1S/C14H24N4O2S/c1-3-16-14(12(19)20-4-2)8-5-6-11(14)7-9-21-13-15-10-17-18-13/h10-11,16H,3-9H2,1-2H3,(H,15,17,18). The third-order valence-electron chi connectivity index (χ3n) is 4.05. The lowest BCUT2D eigenvalue weighted by atomic mass is 9.85. The first kappa shape index (κ1) is 16.3. The summed E-state index contributed by atoms with van der Waals surface area (Å²) >= 11 is 1.65. The van der Waals surface area contributed by atoms with Gasteiger partial charge < -0.3 is 10.1 Å². The van der Waals surface area contributed by atoms with Crippen molar-refractivity contribution in [3.63, 3.8) is 0 Å². The first-order valence-electron chi connectivity index (χ1n) is 7.63. The Hall–Kier alpha value is -1.08. The molecule has 1 aromatic heterocycles. The zero-order chi connectivity index (χ0) is 15.1. The summed E-state index contributed by atoms with van der Waals surface area (Å²) in [6.07, 6.45) is 5.50. The second kappa shape index (κ2) is 7.79. The maximum Gasteiger partial charge on any atom is 0.326 e. The number of aromatic nitrogens is 3. The Morgan fingerprint density at radius 1 is 1.62 bits per heavy atom. The van der Waals surface area contributed by atoms with Gasteiger partial charge in [-0.05, 0) is 38.6 Å². The van der Waals surface area contributed by atoms with Gasteiger partial charge in [0.05, 0.1) is 6.61 Å². The molecule has 1 saturated carbocycles. The molecule has 0 radical (unpaired) electrons. The van der Waals surface area contributed by atoms with Crippen molar-refractivity contribution in [2.24, 2.45) is 5.92 Å². The van der Waals surface area contributed by atoms with Crippen LogP contribution in [0.3, 0.4) is 0 Å². The normalized spacial score (nSPS) is 25.1. The number of hydrogen-bond donors (Lipinski definition) is 2. The highest BCUT2D eigenvalue weighted by molar-refractivity contribution is 7.99. The van der Waals surface area contributed by atoms with E-state index in [1.54, 1.807) is 11.8 Å². The van der Waals surface area contributed by atoms with Crippen LogP contribution in [0.2, 0.25) is 0 Å². The number of rotatable bonds is 8. The number of ether oxygens (including phenoxy) is 1. The van der Waals surface area contributed by atoms with Gasteiger partial charge in [0.25, 0.3) is 0 Å². The first-order chi connectivity index (χ1) is 10.2. The molecule has 0 spiro atoms. The van der Waals surface area contributed by atoms with E-state index in [0.717, 1.165) is 43.1 Å². The molecule has 0 amide bonds. The minimum absolute atomic E-state index is 0.0842. The first-order valence-corrected chi connectivity index (χ1v) is 8.62. The van der Waals surface area contributed by atoms with Gasteiger partial charge in [0.1, 0.15) is 11.9 Å². The van der Waals surface area contributed by atoms with Crippen molar-refractivity contribution >= 4 is 17.7 Å². The number of H-pyrrole nitrogens is 1. The van der Waals surface area contributed by atoms with Crippen molar-refractivity contribution in [1.82, 2.24) is 20.5 Å². The van der Waals surface area contributed by atoms with Crippen molar-refractivity contribution in [3.05, 3.63) is 6.33 Å². The molecule has 2 atom stereocenters. The summed E-state index contributed by atoms with van der Waals surface area (Å²) in [7, 11) is 0. The minimum atomic E-state index is -0.493. The second-order valence-electron chi connectivity index (χ2n) is 5.24. The SMILES string of the molecule is CCNC1(C(=O)OCC)CCCC1CCSc1ncn[nH]1. The summed E-state index contributed by atoms with van der Waals surface area (Å²) in [5, 5.41) is 10.9. The van der Waals surface area contributed by atoms with E-state index in [2.05, 4.69) is 20.5 Å². The van der Waals surface area contributed by atoms with Crippen molar-refractivity contribution in [3.8, 4) is 0 Å². The van der Waals surface area contributed by atoms with Crippen LogP contribution in [0.5, 0.6) is 0 Å². The molecule has 0 aromatic carbocycles. The fourth-order valence-corrected chi connectivity index (χ4v) is 4.01. The zero-order valence-corrected chi connectivity index (χ0v) is 13.5. The number of carbonyl (C=O) groups excluding carboxylic acids is 1. The maximum atomic E-state index is 12.4. The van der Waals surface area contributed by atoms with Crippen LogP contribution in [0.1, 0.15) is 39.5 Å². The fourth-order valence-electron chi connectivity index (χ4n) is 3.18. The molecule has 0 saturated heterocycles. The predicted octanol–water partition coefficient (Wildman–Crippen LogP) is 2.00. The van der Waals surface area contributed by atoms with Gasteiger partial charge in [0.15, 0.2) is 5.16 Å². The molecule has 1 aromatic rings. The van der Waals surface area contributed by atoms with Crippen molar-refractivity contribution < 1.29 is 9.53 Å². The van der Waals surface area contributed by atoms with Crippen LogP contribution in [0.4, 0.5) is 0 Å². The highest BCUT2D eigenvalue weighted by Gasteiger charge is 2.49. The largest absolute Gasteiger partial charge is 0.465 e. The maximum absolute atomic E-state index is 12.4. The summed E-state index contributed by atoms with van der Waals surface area (Å²) in [5.41, 5.74) is -0.493. The van der Waals surface area contributed by atoms with Crippen LogP contribution in [0.25, 0.3) is 0 Å². The van der Waals surface area contributed by atoms with Gasteiger partial charge in [0, 0.05) is 5.75 Å². The zero-order valence-electron chi connectivity index (χ0n) is 12.7. The number of esters is 1. The molecule has 1 fully saturated rings. The van der Waals surface area contributed by atoms with Crippen molar-refractivity contribution in [1.29, 1.82) is 0 Å². The molecule has 1 heterocycles. The third-order valence-corrected chi connectivity index (χ3v) is 4.96. The van der Waals surface area contributed by atoms with E-state index in [0.29, 0.717) is 12.5 Å². The molecule has 6 nitrogen and oxygen atoms in total. The number of nitrogens with zero attached hydrogens (tertiary/aromatic N) is 2. The predicted molar refractivity (Wildman–Crippen MR) is 82.1 cm³/mol. The van der Waals surface area contributed by atoms with Crippen molar-refractivity contribution in [2.75, 3.05) is 18.9 Å². The van der Waals surface area contributed by atoms with Gasteiger partial charge in [-0.2, -0.15) is 5.10 Å². The van der Waals surface area contributed by atoms with Gasteiger partial charge in [-0.25, -0.2) is 4.98 Å². The van der Waals surface area contributed by atoms with E-state index in [-0.39, 0.29) is 5.97 Å². The lowest BCUT2D eigenvalue weighted by Crippen LogP contribution is -2.55. The Kier molecular flexibility index (Phi) is 6.05. The molecule has 2 N–H and O–H groups in total. The Balaban J connectivity index is 1.96. The highest BCUT2D eigenvalue weighted by Crippen LogP contribution is 2.39. The Morgan fingerprint density at radius 3 is 3.14 bits per heavy atom. The van der Waals surface area contributed by atoms with Crippen LogP contribution < -0.4 is 5.32 Å². The summed E-state index contributed by atoms with van der Waals surface area (Å²) in [6.45, 7) is 5.12. The summed E-state index contributed by atoms with van der Waals surface area (Å²) < 4.78 is 5.33. The number of nitrogens with one attached hydrogen (secondary N) is 2. The number of carbonyl (C=O) groups is 1. The average molecular weight is 312 g/mol. The molecule has 2 unspecified atom stereocenters. The van der Waals surface area contributed by atoms with E-state index < -0.39 is 5.54 Å². The van der Waals surface area contributed by atoms with E-state index >= 15 is 0 Å². The van der Waals surface area contributed by atoms with Crippen LogP contribution in [0.15, 0.2) is 11.5 Å². The highest BCUT2D eigenvalue weighted by atomic mass is 32.2. The summed E-state index contributed by atoms with van der Waals surface area (Å²) in [4.78, 5) is 16.5. The monoisotopic (exact) mass is 312 g/mol. The number of hydrogen-bond acceptors (Lipinski definition) is 6. The van der Waals surface area contributed by atoms with E-state index in [4.69, 9.17) is 4.74 Å². The van der Waals surface area contributed by atoms with Crippen LogP contribution in [-0.4, -0.2) is 45.6 Å². The Bertz CT molecular complexity index is 440. The van der Waals surface area contributed by atoms with Gasteiger partial charge in [-0.15, -0.1) is 0 Å². The number of aromatic amines is 1. The van der Waals surface area contributed by atoms with E-state index in [9.17, 15) is 4.79 Å².